The summed E-state index contributed by atoms with van der Waals surface area (Å²) in [5.41, 5.74) is 6.11. The molecule has 0 saturated heterocycles. The van der Waals surface area contributed by atoms with E-state index in [1.807, 2.05) is 36.4 Å². The van der Waals surface area contributed by atoms with Gasteiger partial charge in [0.2, 0.25) is 0 Å². The fourth-order valence-electron chi connectivity index (χ4n) is 2.13. The van der Waals surface area contributed by atoms with Gasteiger partial charge in [-0.2, -0.15) is 0 Å². The number of fused-ring (bicyclic) bond motifs is 1. The number of sulfonamides is 1. The van der Waals surface area contributed by atoms with Gasteiger partial charge in [0.1, 0.15) is 0 Å². The second-order valence-electron chi connectivity index (χ2n) is 4.59. The van der Waals surface area contributed by atoms with Gasteiger partial charge in [-0.1, -0.05) is 36.4 Å². The van der Waals surface area contributed by atoms with Crippen molar-refractivity contribution >= 4 is 37.8 Å². The van der Waals surface area contributed by atoms with Crippen LogP contribution in [0.25, 0.3) is 10.8 Å². The van der Waals surface area contributed by atoms with E-state index in [0.717, 1.165) is 15.6 Å². The molecule has 3 N–H and O–H groups in total. The van der Waals surface area contributed by atoms with E-state index in [-0.39, 0.29) is 4.90 Å². The summed E-state index contributed by atoms with van der Waals surface area (Å²) in [7, 11) is -3.59. The molecular weight excluding hydrogens is 304 g/mol. The molecule has 0 aliphatic rings. The molecule has 0 amide bonds. The Balaban J connectivity index is 2.01. The summed E-state index contributed by atoms with van der Waals surface area (Å²) in [6.07, 6.45) is 0. The Morgan fingerprint density at radius 3 is 2.62 bits per heavy atom. The molecule has 1 aromatic heterocycles. The molecule has 3 rings (SSSR count). The smallest absolute Gasteiger partial charge is 0.262 e. The number of nitrogens with one attached hydrogen (secondary N) is 1. The fraction of sp³-hybridized carbons (Fsp3) is 0.0667. The monoisotopic (exact) mass is 318 g/mol. The van der Waals surface area contributed by atoms with Crippen LogP contribution >= 0.6 is 11.3 Å². The van der Waals surface area contributed by atoms with Crippen LogP contribution in [-0.2, 0) is 16.6 Å². The minimum Gasteiger partial charge on any atom is -0.326 e. The van der Waals surface area contributed by atoms with E-state index in [1.165, 1.54) is 11.3 Å². The SMILES string of the molecule is NCc1cc(S(=O)(=O)Nc2cccc3ccccc23)cs1. The van der Waals surface area contributed by atoms with Gasteiger partial charge in [0, 0.05) is 22.2 Å². The van der Waals surface area contributed by atoms with Crippen molar-refractivity contribution in [2.75, 3.05) is 4.72 Å². The van der Waals surface area contributed by atoms with Crippen LogP contribution < -0.4 is 10.5 Å². The lowest BCUT2D eigenvalue weighted by Gasteiger charge is -2.09. The van der Waals surface area contributed by atoms with Crippen molar-refractivity contribution < 1.29 is 8.42 Å². The van der Waals surface area contributed by atoms with Gasteiger partial charge in [-0.15, -0.1) is 11.3 Å². The largest absolute Gasteiger partial charge is 0.326 e. The standard InChI is InChI=1S/C15H14N2O2S2/c16-9-12-8-13(10-20-12)21(18,19)17-15-7-3-5-11-4-1-2-6-14(11)15/h1-8,10,17H,9,16H2. The average molecular weight is 318 g/mol. The fourth-order valence-corrected chi connectivity index (χ4v) is 4.36. The summed E-state index contributed by atoms with van der Waals surface area (Å²) in [5.74, 6) is 0. The molecule has 2 aromatic carbocycles. The van der Waals surface area contributed by atoms with Gasteiger partial charge < -0.3 is 5.73 Å². The molecule has 1 heterocycles. The molecule has 4 nitrogen and oxygen atoms in total. The van der Waals surface area contributed by atoms with Crippen LogP contribution in [0, 0.1) is 0 Å². The highest BCUT2D eigenvalue weighted by molar-refractivity contribution is 7.92. The Labute approximate surface area is 127 Å². The molecule has 0 atom stereocenters. The third-order valence-corrected chi connectivity index (χ3v) is 5.63. The van der Waals surface area contributed by atoms with Gasteiger partial charge in [0.15, 0.2) is 0 Å². The van der Waals surface area contributed by atoms with E-state index in [0.29, 0.717) is 12.2 Å². The second-order valence-corrected chi connectivity index (χ2v) is 7.26. The summed E-state index contributed by atoms with van der Waals surface area (Å²) in [5, 5.41) is 3.47. The van der Waals surface area contributed by atoms with Gasteiger partial charge >= 0.3 is 0 Å². The van der Waals surface area contributed by atoms with E-state index in [1.54, 1.807) is 17.5 Å². The summed E-state index contributed by atoms with van der Waals surface area (Å²) in [4.78, 5) is 1.09. The van der Waals surface area contributed by atoms with E-state index in [4.69, 9.17) is 5.73 Å². The van der Waals surface area contributed by atoms with Crippen molar-refractivity contribution in [3.05, 3.63) is 58.8 Å². The first-order valence-electron chi connectivity index (χ1n) is 6.38. The molecular formula is C15H14N2O2S2. The van der Waals surface area contributed by atoms with Crippen LogP contribution in [0.3, 0.4) is 0 Å². The zero-order chi connectivity index (χ0) is 14.9. The Morgan fingerprint density at radius 2 is 1.86 bits per heavy atom. The van der Waals surface area contributed by atoms with Gasteiger partial charge in [0.25, 0.3) is 10.0 Å². The minimum absolute atomic E-state index is 0.251. The van der Waals surface area contributed by atoms with Gasteiger partial charge in [-0.3, -0.25) is 4.72 Å². The number of hydrogen-bond donors (Lipinski definition) is 2. The Bertz CT molecular complexity index is 880. The Kier molecular flexibility index (Phi) is 3.67. The summed E-state index contributed by atoms with van der Waals surface area (Å²) >= 11 is 1.35. The molecule has 0 bridgehead atoms. The average Bonchev–Trinajstić information content (AvgIpc) is 2.97. The van der Waals surface area contributed by atoms with Crippen LogP contribution in [0.1, 0.15) is 4.88 Å². The molecule has 0 aliphatic carbocycles. The van der Waals surface area contributed by atoms with E-state index in [2.05, 4.69) is 4.72 Å². The maximum Gasteiger partial charge on any atom is 0.262 e. The highest BCUT2D eigenvalue weighted by atomic mass is 32.2. The number of benzene rings is 2. The summed E-state index contributed by atoms with van der Waals surface area (Å²) in [6, 6.07) is 14.8. The number of thiophene rings is 1. The highest BCUT2D eigenvalue weighted by Crippen LogP contribution is 2.27. The van der Waals surface area contributed by atoms with E-state index >= 15 is 0 Å². The first-order chi connectivity index (χ1) is 10.1. The molecule has 6 heteroatoms. The van der Waals surface area contributed by atoms with E-state index in [9.17, 15) is 8.42 Å². The second kappa shape index (κ2) is 5.48. The molecule has 0 spiro atoms. The van der Waals surface area contributed by atoms with Gasteiger partial charge in [0.05, 0.1) is 10.6 Å². The lowest BCUT2D eigenvalue weighted by molar-refractivity contribution is 0.601. The predicted octanol–water partition coefficient (Wildman–Crippen LogP) is 3.16. The number of nitrogens with two attached hydrogens (primary N) is 1. The zero-order valence-electron chi connectivity index (χ0n) is 11.1. The van der Waals surface area contributed by atoms with Gasteiger partial charge in [-0.05, 0) is 17.5 Å². The van der Waals surface area contributed by atoms with Crippen molar-refractivity contribution in [2.24, 2.45) is 5.73 Å². The maximum absolute atomic E-state index is 12.4. The van der Waals surface area contributed by atoms with Crippen molar-refractivity contribution in [2.45, 2.75) is 11.4 Å². The molecule has 0 radical (unpaired) electrons. The first-order valence-corrected chi connectivity index (χ1v) is 8.74. The normalized spacial score (nSPS) is 11.7. The minimum atomic E-state index is -3.59. The molecule has 0 saturated carbocycles. The van der Waals surface area contributed by atoms with Crippen molar-refractivity contribution in [3.63, 3.8) is 0 Å². The quantitative estimate of drug-likeness (QED) is 0.776. The Hall–Kier alpha value is -1.89. The maximum atomic E-state index is 12.4. The number of rotatable bonds is 4. The van der Waals surface area contributed by atoms with Crippen LogP contribution in [0.2, 0.25) is 0 Å². The third-order valence-electron chi connectivity index (χ3n) is 3.18. The highest BCUT2D eigenvalue weighted by Gasteiger charge is 2.17. The molecule has 0 aliphatic heterocycles. The first kappa shape index (κ1) is 14.1. The van der Waals surface area contributed by atoms with Crippen molar-refractivity contribution in [1.82, 2.24) is 0 Å². The molecule has 108 valence electrons. The van der Waals surface area contributed by atoms with Crippen LogP contribution in [0.4, 0.5) is 5.69 Å². The van der Waals surface area contributed by atoms with Gasteiger partial charge in [-0.25, -0.2) is 8.42 Å². The zero-order valence-corrected chi connectivity index (χ0v) is 12.7. The molecule has 0 fully saturated rings. The van der Waals surface area contributed by atoms with Crippen LogP contribution in [-0.4, -0.2) is 8.42 Å². The van der Waals surface area contributed by atoms with Crippen LogP contribution in [0.5, 0.6) is 0 Å². The lowest BCUT2D eigenvalue weighted by Crippen LogP contribution is -2.12. The molecule has 21 heavy (non-hydrogen) atoms. The molecule has 3 aromatic rings. The summed E-state index contributed by atoms with van der Waals surface area (Å²) < 4.78 is 27.5. The van der Waals surface area contributed by atoms with Crippen molar-refractivity contribution in [1.29, 1.82) is 0 Å². The third kappa shape index (κ3) is 2.78. The Morgan fingerprint density at radius 1 is 1.10 bits per heavy atom. The topological polar surface area (TPSA) is 72.2 Å². The van der Waals surface area contributed by atoms with Crippen LogP contribution in [0.15, 0.2) is 58.8 Å². The molecule has 0 unspecified atom stereocenters. The van der Waals surface area contributed by atoms with Crippen molar-refractivity contribution in [3.8, 4) is 0 Å². The lowest BCUT2D eigenvalue weighted by atomic mass is 10.1. The number of anilines is 1. The predicted molar refractivity (Wildman–Crippen MR) is 87.0 cm³/mol. The van der Waals surface area contributed by atoms with E-state index < -0.39 is 10.0 Å². The summed E-state index contributed by atoms with van der Waals surface area (Å²) in [6.45, 7) is 0.342. The number of hydrogen-bond acceptors (Lipinski definition) is 4.